The molecule has 39 heavy (non-hydrogen) atoms. The van der Waals surface area contributed by atoms with Crippen molar-refractivity contribution < 1.29 is 23.1 Å². The highest BCUT2D eigenvalue weighted by atomic mass is 19.4. The smallest absolute Gasteiger partial charge is 0.389 e. The Morgan fingerprint density at radius 3 is 2.64 bits per heavy atom. The van der Waals surface area contributed by atoms with Gasteiger partial charge in [-0.15, -0.1) is 0 Å². The van der Waals surface area contributed by atoms with Crippen molar-refractivity contribution in [3.63, 3.8) is 0 Å². The van der Waals surface area contributed by atoms with Gasteiger partial charge >= 0.3 is 6.18 Å². The minimum absolute atomic E-state index is 0.118. The van der Waals surface area contributed by atoms with Crippen LogP contribution in [-0.2, 0) is 6.18 Å². The van der Waals surface area contributed by atoms with Crippen LogP contribution in [0.2, 0.25) is 0 Å². The molecule has 0 saturated carbocycles. The van der Waals surface area contributed by atoms with E-state index in [1.165, 1.54) is 18.3 Å². The highest BCUT2D eigenvalue weighted by molar-refractivity contribution is 6.00. The Morgan fingerprint density at radius 1 is 1.15 bits per heavy atom. The summed E-state index contributed by atoms with van der Waals surface area (Å²) in [5.74, 6) is -1.08. The number of H-pyrrole nitrogens is 1. The molecule has 11 heteroatoms. The Bertz CT molecular complexity index is 1510. The van der Waals surface area contributed by atoms with Crippen LogP contribution in [0.3, 0.4) is 0 Å². The Labute approximate surface area is 223 Å². The third kappa shape index (κ3) is 5.79. The lowest BCUT2D eigenvalue weighted by Gasteiger charge is -2.25. The van der Waals surface area contributed by atoms with E-state index in [1.807, 2.05) is 24.0 Å². The van der Waals surface area contributed by atoms with E-state index < -0.39 is 35.2 Å². The maximum absolute atomic E-state index is 13.9. The number of hydrogen-bond donors (Lipinski definition) is 3. The van der Waals surface area contributed by atoms with Crippen LogP contribution in [0.1, 0.15) is 46.9 Å². The molecular formula is C28H29F3N6O2. The molecule has 0 unspecified atom stereocenters. The number of nitrogens with one attached hydrogen (secondary N) is 2. The summed E-state index contributed by atoms with van der Waals surface area (Å²) in [5.41, 5.74) is 1.36. The molecule has 2 atom stereocenters. The summed E-state index contributed by atoms with van der Waals surface area (Å²) in [4.78, 5) is 23.9. The lowest BCUT2D eigenvalue weighted by atomic mass is 9.90. The van der Waals surface area contributed by atoms with Gasteiger partial charge in [0.2, 0.25) is 0 Å². The first-order valence-corrected chi connectivity index (χ1v) is 12.6. The number of aromatic nitrogens is 4. The zero-order valence-electron chi connectivity index (χ0n) is 21.8. The predicted molar refractivity (Wildman–Crippen MR) is 140 cm³/mol. The molecule has 3 aromatic heterocycles. The molecule has 1 fully saturated rings. The highest BCUT2D eigenvalue weighted by Gasteiger charge is 2.42. The Hall–Kier alpha value is -3.83. The SMILES string of the molecule is Cc1cc(-c2n[nH]c3ncc(C(=O)N[C@@H]4CN(CC(C)(C)O)C[C@H]4c4ccccc4C(F)(F)F)cc23)ccn1. The molecule has 1 amide bonds. The lowest BCUT2D eigenvalue weighted by Crippen LogP contribution is -2.42. The van der Waals surface area contributed by atoms with Crippen LogP contribution in [0.15, 0.2) is 54.9 Å². The van der Waals surface area contributed by atoms with Crippen LogP contribution in [-0.4, -0.2) is 67.4 Å². The average Bonchev–Trinajstić information content (AvgIpc) is 3.45. The molecule has 4 heterocycles. The molecule has 204 valence electrons. The normalized spacial score (nSPS) is 18.5. The van der Waals surface area contributed by atoms with Gasteiger partial charge in [0.1, 0.15) is 5.69 Å². The third-order valence-electron chi connectivity index (χ3n) is 6.84. The monoisotopic (exact) mass is 538 g/mol. The molecule has 3 N–H and O–H groups in total. The number of pyridine rings is 2. The van der Waals surface area contributed by atoms with Crippen LogP contribution in [0, 0.1) is 6.92 Å². The number of carbonyl (C=O) groups excluding carboxylic acids is 1. The molecule has 8 nitrogen and oxygen atoms in total. The molecule has 1 aromatic carbocycles. The zero-order valence-corrected chi connectivity index (χ0v) is 21.8. The molecule has 0 aliphatic carbocycles. The lowest BCUT2D eigenvalue weighted by molar-refractivity contribution is -0.138. The molecule has 1 aliphatic rings. The maximum atomic E-state index is 13.9. The number of aliphatic hydroxyl groups is 1. The molecule has 0 bridgehead atoms. The number of likely N-dealkylation sites (tertiary alicyclic amines) is 1. The van der Waals surface area contributed by atoms with Gasteiger partial charge in [-0.2, -0.15) is 18.3 Å². The van der Waals surface area contributed by atoms with Gasteiger partial charge in [-0.3, -0.25) is 19.8 Å². The number of amides is 1. The van der Waals surface area contributed by atoms with Crippen LogP contribution in [0.4, 0.5) is 13.2 Å². The fourth-order valence-corrected chi connectivity index (χ4v) is 5.29. The van der Waals surface area contributed by atoms with Crippen LogP contribution in [0.25, 0.3) is 22.3 Å². The molecule has 0 spiro atoms. The van der Waals surface area contributed by atoms with E-state index in [1.54, 1.807) is 32.2 Å². The fraction of sp³-hybridized carbons (Fsp3) is 0.357. The Morgan fingerprint density at radius 2 is 1.92 bits per heavy atom. The third-order valence-corrected chi connectivity index (χ3v) is 6.84. The molecule has 1 saturated heterocycles. The Balaban J connectivity index is 1.46. The van der Waals surface area contributed by atoms with Gasteiger partial charge in [0.25, 0.3) is 5.91 Å². The van der Waals surface area contributed by atoms with E-state index in [-0.39, 0.29) is 30.8 Å². The van der Waals surface area contributed by atoms with Gasteiger partial charge < -0.3 is 10.4 Å². The van der Waals surface area contributed by atoms with Crippen molar-refractivity contribution in [1.29, 1.82) is 0 Å². The predicted octanol–water partition coefficient (Wildman–Crippen LogP) is 4.32. The summed E-state index contributed by atoms with van der Waals surface area (Å²) in [6, 6.07) is 10.2. The molecule has 1 aliphatic heterocycles. The minimum Gasteiger partial charge on any atom is -0.389 e. The van der Waals surface area contributed by atoms with Crippen molar-refractivity contribution in [3.05, 3.63) is 77.2 Å². The average molecular weight is 539 g/mol. The van der Waals surface area contributed by atoms with Gasteiger partial charge in [0.05, 0.1) is 16.7 Å². The number of β-amino-alcohol motifs (C(OH)–C–C–N with tert-alkyl or cyclic N) is 1. The summed E-state index contributed by atoms with van der Waals surface area (Å²) in [6.45, 7) is 5.95. The number of carbonyl (C=O) groups is 1. The number of nitrogens with zero attached hydrogens (tertiary/aromatic N) is 4. The van der Waals surface area contributed by atoms with Crippen molar-refractivity contribution in [2.24, 2.45) is 0 Å². The van der Waals surface area contributed by atoms with Crippen LogP contribution < -0.4 is 5.32 Å². The van der Waals surface area contributed by atoms with E-state index in [2.05, 4.69) is 25.5 Å². The minimum atomic E-state index is -4.53. The van der Waals surface area contributed by atoms with Gasteiger partial charge in [-0.05, 0) is 50.6 Å². The fourth-order valence-electron chi connectivity index (χ4n) is 5.29. The van der Waals surface area contributed by atoms with Crippen molar-refractivity contribution in [2.45, 2.75) is 44.5 Å². The zero-order chi connectivity index (χ0) is 27.9. The summed E-state index contributed by atoms with van der Waals surface area (Å²) < 4.78 is 41.6. The number of rotatable bonds is 6. The molecule has 4 aromatic rings. The number of hydrogen-bond acceptors (Lipinski definition) is 6. The number of aromatic amines is 1. The van der Waals surface area contributed by atoms with Crippen LogP contribution >= 0.6 is 0 Å². The first-order chi connectivity index (χ1) is 18.4. The number of alkyl halides is 3. The van der Waals surface area contributed by atoms with Gasteiger partial charge in [-0.1, -0.05) is 18.2 Å². The topological polar surface area (TPSA) is 107 Å². The molecular weight excluding hydrogens is 509 g/mol. The molecule has 5 rings (SSSR count). The standard InChI is InChI=1S/C28H29F3N6O2/c1-16-10-17(8-9-32-16)24-20-11-18(12-33-25(20)36-35-24)26(38)34-23-14-37(15-27(2,3)39)13-21(23)19-6-4-5-7-22(19)28(29,30)31/h4-12,21,23,39H,13-15H2,1-3H3,(H,34,38)(H,33,35,36)/t21-,23+/m0/s1. The number of benzene rings is 1. The second kappa shape index (κ2) is 10.0. The maximum Gasteiger partial charge on any atom is 0.416 e. The number of halogens is 3. The summed E-state index contributed by atoms with van der Waals surface area (Å²) >= 11 is 0. The second-order valence-electron chi connectivity index (χ2n) is 10.7. The van der Waals surface area contributed by atoms with E-state index in [9.17, 15) is 23.1 Å². The quantitative estimate of drug-likeness (QED) is 0.338. The van der Waals surface area contributed by atoms with Crippen molar-refractivity contribution in [2.75, 3.05) is 19.6 Å². The number of aryl methyl sites for hydroxylation is 1. The second-order valence-corrected chi connectivity index (χ2v) is 10.7. The number of fused-ring (bicyclic) bond motifs is 1. The van der Waals surface area contributed by atoms with E-state index >= 15 is 0 Å². The Kier molecular flexibility index (Phi) is 6.90. The molecule has 0 radical (unpaired) electrons. The highest BCUT2D eigenvalue weighted by Crippen LogP contribution is 2.39. The van der Waals surface area contributed by atoms with Gasteiger partial charge in [-0.25, -0.2) is 4.98 Å². The first-order valence-electron chi connectivity index (χ1n) is 12.6. The van der Waals surface area contributed by atoms with Crippen molar-refractivity contribution >= 4 is 16.9 Å². The van der Waals surface area contributed by atoms with Gasteiger partial charge in [0, 0.05) is 60.6 Å². The van der Waals surface area contributed by atoms with Gasteiger partial charge in [0.15, 0.2) is 5.65 Å². The van der Waals surface area contributed by atoms with E-state index in [0.29, 0.717) is 16.7 Å². The first kappa shape index (κ1) is 26.8. The summed E-state index contributed by atoms with van der Waals surface area (Å²) in [5, 5.41) is 21.2. The van der Waals surface area contributed by atoms with E-state index in [4.69, 9.17) is 0 Å². The van der Waals surface area contributed by atoms with Crippen molar-refractivity contribution in [3.8, 4) is 11.3 Å². The summed E-state index contributed by atoms with van der Waals surface area (Å²) in [6.07, 6.45) is -1.44. The van der Waals surface area contributed by atoms with E-state index in [0.717, 1.165) is 17.3 Å². The van der Waals surface area contributed by atoms with Crippen molar-refractivity contribution in [1.82, 2.24) is 30.4 Å². The summed E-state index contributed by atoms with van der Waals surface area (Å²) in [7, 11) is 0. The van der Waals surface area contributed by atoms with Crippen LogP contribution in [0.5, 0.6) is 0 Å². The largest absolute Gasteiger partial charge is 0.416 e.